The Bertz CT molecular complexity index is 283. The van der Waals surface area contributed by atoms with E-state index in [2.05, 4.69) is 0 Å². The van der Waals surface area contributed by atoms with Crippen molar-refractivity contribution in [1.29, 1.82) is 0 Å². The lowest BCUT2D eigenvalue weighted by Gasteiger charge is -2.27. The van der Waals surface area contributed by atoms with Gasteiger partial charge in [-0.15, -0.1) is 11.3 Å². The van der Waals surface area contributed by atoms with Gasteiger partial charge in [-0.2, -0.15) is 0 Å². The van der Waals surface area contributed by atoms with Crippen LogP contribution in [0.1, 0.15) is 31.2 Å². The highest BCUT2D eigenvalue weighted by Crippen LogP contribution is 2.36. The molecule has 1 aromatic heterocycles. The Morgan fingerprint density at radius 1 is 1.69 bits per heavy atom. The molecule has 0 bridgehead atoms. The second kappa shape index (κ2) is 3.96. The summed E-state index contributed by atoms with van der Waals surface area (Å²) in [5, 5.41) is 21.9. The summed E-state index contributed by atoms with van der Waals surface area (Å²) < 4.78 is 0. The highest BCUT2D eigenvalue weighted by Gasteiger charge is 2.31. The zero-order valence-electron chi connectivity index (χ0n) is 7.62. The van der Waals surface area contributed by atoms with Gasteiger partial charge >= 0.3 is 0 Å². The summed E-state index contributed by atoms with van der Waals surface area (Å²) in [6.45, 7) is 3.43. The van der Waals surface area contributed by atoms with E-state index in [4.69, 9.17) is 11.6 Å². The van der Waals surface area contributed by atoms with Gasteiger partial charge in [0.1, 0.15) is 6.10 Å². The fourth-order valence-electron chi connectivity index (χ4n) is 0.976. The van der Waals surface area contributed by atoms with Crippen LogP contribution in [-0.2, 0) is 0 Å². The second-order valence-electron chi connectivity index (χ2n) is 3.25. The average molecular weight is 221 g/mol. The summed E-state index contributed by atoms with van der Waals surface area (Å²) in [6, 6.07) is 1.72. The number of aliphatic hydroxyl groups is 2. The highest BCUT2D eigenvalue weighted by molar-refractivity contribution is 7.10. The molecule has 74 valence electrons. The van der Waals surface area contributed by atoms with Gasteiger partial charge in [-0.05, 0) is 24.8 Å². The Kier molecular flexibility index (Phi) is 3.35. The third-order valence-electron chi connectivity index (χ3n) is 2.20. The van der Waals surface area contributed by atoms with Crippen molar-refractivity contribution in [3.05, 3.63) is 21.3 Å². The molecule has 1 heterocycles. The van der Waals surface area contributed by atoms with Crippen molar-refractivity contribution < 1.29 is 10.2 Å². The largest absolute Gasteiger partial charge is 0.387 e. The molecule has 0 amide bonds. The maximum atomic E-state index is 9.79. The Hall–Kier alpha value is -0.0900. The van der Waals surface area contributed by atoms with Gasteiger partial charge in [-0.25, -0.2) is 0 Å². The van der Waals surface area contributed by atoms with Crippen molar-refractivity contribution in [2.45, 2.75) is 32.0 Å². The first-order valence-corrected chi connectivity index (χ1v) is 5.38. The molecule has 1 aromatic rings. The summed E-state index contributed by atoms with van der Waals surface area (Å²) in [6.07, 6.45) is -0.410. The summed E-state index contributed by atoms with van der Waals surface area (Å²) in [5.74, 6) is 0. The minimum absolute atomic E-state index is 0.488. The van der Waals surface area contributed by atoms with Crippen LogP contribution in [0.25, 0.3) is 0 Å². The smallest absolute Gasteiger partial charge is 0.118 e. The molecular formula is C9H13ClO2S. The fraction of sp³-hybridized carbons (Fsp3) is 0.556. The van der Waals surface area contributed by atoms with Crippen LogP contribution in [0.5, 0.6) is 0 Å². The fourth-order valence-corrected chi connectivity index (χ4v) is 2.27. The number of aliphatic hydroxyl groups excluding tert-OH is 1. The van der Waals surface area contributed by atoms with Gasteiger partial charge in [-0.1, -0.05) is 18.5 Å². The molecule has 0 aromatic carbocycles. The quantitative estimate of drug-likeness (QED) is 0.822. The van der Waals surface area contributed by atoms with Crippen LogP contribution >= 0.6 is 22.9 Å². The average Bonchev–Trinajstić information content (AvgIpc) is 2.50. The van der Waals surface area contributed by atoms with E-state index < -0.39 is 11.7 Å². The first kappa shape index (κ1) is 11.0. The maximum absolute atomic E-state index is 9.79. The SMILES string of the molecule is CCC(C)(O)C(O)c1sccc1Cl. The Morgan fingerprint density at radius 2 is 2.31 bits per heavy atom. The molecule has 0 aliphatic rings. The van der Waals surface area contributed by atoms with Crippen molar-refractivity contribution in [3.63, 3.8) is 0 Å². The lowest BCUT2D eigenvalue weighted by molar-refractivity contribution is -0.0641. The molecule has 0 saturated heterocycles. The van der Waals surface area contributed by atoms with E-state index in [1.165, 1.54) is 11.3 Å². The molecule has 0 fully saturated rings. The van der Waals surface area contributed by atoms with Crippen LogP contribution in [0.4, 0.5) is 0 Å². The number of hydrogen-bond acceptors (Lipinski definition) is 3. The lowest BCUT2D eigenvalue weighted by atomic mass is 9.95. The van der Waals surface area contributed by atoms with Crippen molar-refractivity contribution in [2.24, 2.45) is 0 Å². The van der Waals surface area contributed by atoms with Gasteiger partial charge in [0.05, 0.1) is 15.5 Å². The summed E-state index contributed by atoms with van der Waals surface area (Å²) in [4.78, 5) is 0.633. The normalized spacial score (nSPS) is 18.2. The Labute approximate surface area is 86.8 Å². The van der Waals surface area contributed by atoms with Crippen LogP contribution in [-0.4, -0.2) is 15.8 Å². The molecule has 0 aliphatic heterocycles. The summed E-state index contributed by atoms with van der Waals surface area (Å²) >= 11 is 7.19. The summed E-state index contributed by atoms with van der Waals surface area (Å²) in [5.41, 5.74) is -1.10. The third-order valence-corrected chi connectivity index (χ3v) is 3.61. The van der Waals surface area contributed by atoms with Crippen molar-refractivity contribution in [2.75, 3.05) is 0 Å². The molecule has 0 spiro atoms. The minimum Gasteiger partial charge on any atom is -0.387 e. The number of halogens is 1. The molecule has 2 nitrogen and oxygen atoms in total. The highest BCUT2D eigenvalue weighted by atomic mass is 35.5. The van der Waals surface area contributed by atoms with E-state index in [1.54, 1.807) is 18.4 Å². The first-order valence-electron chi connectivity index (χ1n) is 4.12. The molecule has 13 heavy (non-hydrogen) atoms. The minimum atomic E-state index is -1.10. The molecule has 0 aliphatic carbocycles. The van der Waals surface area contributed by atoms with E-state index in [0.717, 1.165) is 0 Å². The Morgan fingerprint density at radius 3 is 2.69 bits per heavy atom. The molecular weight excluding hydrogens is 208 g/mol. The van der Waals surface area contributed by atoms with E-state index in [1.807, 2.05) is 6.92 Å². The van der Waals surface area contributed by atoms with Crippen molar-refractivity contribution in [1.82, 2.24) is 0 Å². The van der Waals surface area contributed by atoms with Crippen molar-refractivity contribution >= 4 is 22.9 Å². The molecule has 1 rings (SSSR count). The number of thiophene rings is 1. The van der Waals surface area contributed by atoms with Crippen molar-refractivity contribution in [3.8, 4) is 0 Å². The standard InChI is InChI=1S/C9H13ClO2S/c1-3-9(2,12)8(11)7-6(10)4-5-13-7/h4-5,8,11-12H,3H2,1-2H3. The van der Waals surface area contributed by atoms with Crippen LogP contribution < -0.4 is 0 Å². The van der Waals surface area contributed by atoms with E-state index in [0.29, 0.717) is 16.3 Å². The third kappa shape index (κ3) is 2.23. The van der Waals surface area contributed by atoms with Gasteiger partial charge < -0.3 is 10.2 Å². The predicted octanol–water partition coefficient (Wildman–Crippen LogP) is 2.60. The molecule has 2 unspecified atom stereocenters. The molecule has 2 atom stereocenters. The molecule has 0 radical (unpaired) electrons. The van der Waals surface area contributed by atoms with Crippen LogP contribution in [0, 0.1) is 0 Å². The van der Waals surface area contributed by atoms with Crippen LogP contribution in [0.3, 0.4) is 0 Å². The van der Waals surface area contributed by atoms with Gasteiger partial charge in [0.25, 0.3) is 0 Å². The zero-order chi connectivity index (χ0) is 10.1. The Balaban J connectivity index is 2.91. The lowest BCUT2D eigenvalue weighted by Crippen LogP contribution is -2.31. The van der Waals surface area contributed by atoms with Gasteiger partial charge in [0.2, 0.25) is 0 Å². The predicted molar refractivity (Wildman–Crippen MR) is 55.2 cm³/mol. The maximum Gasteiger partial charge on any atom is 0.118 e. The van der Waals surface area contributed by atoms with E-state index >= 15 is 0 Å². The topological polar surface area (TPSA) is 40.5 Å². The number of rotatable bonds is 3. The van der Waals surface area contributed by atoms with Gasteiger partial charge in [0, 0.05) is 0 Å². The summed E-state index contributed by atoms with van der Waals surface area (Å²) in [7, 11) is 0. The number of hydrogen-bond donors (Lipinski definition) is 2. The molecule has 0 saturated carbocycles. The van der Waals surface area contributed by atoms with E-state index in [-0.39, 0.29) is 0 Å². The zero-order valence-corrected chi connectivity index (χ0v) is 9.19. The van der Waals surface area contributed by atoms with Crippen LogP contribution in [0.15, 0.2) is 11.4 Å². The molecule has 4 heteroatoms. The first-order chi connectivity index (χ1) is 5.99. The molecule has 2 N–H and O–H groups in total. The van der Waals surface area contributed by atoms with Gasteiger partial charge in [-0.3, -0.25) is 0 Å². The van der Waals surface area contributed by atoms with E-state index in [9.17, 15) is 10.2 Å². The monoisotopic (exact) mass is 220 g/mol. The second-order valence-corrected chi connectivity index (χ2v) is 4.60. The van der Waals surface area contributed by atoms with Gasteiger partial charge in [0.15, 0.2) is 0 Å². The van der Waals surface area contributed by atoms with Crippen LogP contribution in [0.2, 0.25) is 5.02 Å².